The molecule has 0 fully saturated rings. The highest BCUT2D eigenvalue weighted by Gasteiger charge is 2.23. The average molecular weight is 210 g/mol. The van der Waals surface area contributed by atoms with E-state index in [2.05, 4.69) is 0 Å². The first-order chi connectivity index (χ1) is 7.11. The van der Waals surface area contributed by atoms with Crippen LogP contribution in [-0.4, -0.2) is 19.6 Å². The highest BCUT2D eigenvalue weighted by molar-refractivity contribution is 5.98. The van der Waals surface area contributed by atoms with Crippen molar-refractivity contribution in [2.24, 2.45) is 0 Å². The molecule has 1 aromatic rings. The summed E-state index contributed by atoms with van der Waals surface area (Å²) in [4.78, 5) is 12.8. The normalized spacial score (nSPS) is 15.6. The fourth-order valence-corrected chi connectivity index (χ4v) is 1.57. The van der Waals surface area contributed by atoms with E-state index in [1.807, 2.05) is 0 Å². The number of halogens is 1. The molecule has 0 radical (unpaired) electrons. The van der Waals surface area contributed by atoms with Crippen LogP contribution in [0, 0.1) is 5.82 Å². The number of carbonyl (C=O) groups is 1. The summed E-state index contributed by atoms with van der Waals surface area (Å²) in [5.74, 6) is -0.229. The van der Waals surface area contributed by atoms with Crippen molar-refractivity contribution in [1.29, 1.82) is 0 Å². The molecule has 0 saturated carbocycles. The van der Waals surface area contributed by atoms with Gasteiger partial charge in [-0.05, 0) is 12.1 Å². The van der Waals surface area contributed by atoms with E-state index in [-0.39, 0.29) is 18.0 Å². The first-order valence-electron chi connectivity index (χ1n) is 4.58. The van der Waals surface area contributed by atoms with Gasteiger partial charge in [0.05, 0.1) is 18.7 Å². The molecular formula is C10H11FN2O2. The molecule has 1 amide bonds. The number of nitrogens with two attached hydrogens (primary N) is 1. The molecule has 0 bridgehead atoms. The molecule has 1 aliphatic heterocycles. The van der Waals surface area contributed by atoms with Gasteiger partial charge in [-0.1, -0.05) is 0 Å². The molecule has 0 aromatic heterocycles. The molecule has 4 nitrogen and oxygen atoms in total. The van der Waals surface area contributed by atoms with Gasteiger partial charge in [0.25, 0.3) is 0 Å². The zero-order chi connectivity index (χ0) is 11.0. The maximum Gasteiger partial charge on any atom is 0.230 e. The number of anilines is 2. The minimum absolute atomic E-state index is 0.0507. The minimum atomic E-state index is -0.543. The van der Waals surface area contributed by atoms with E-state index in [9.17, 15) is 9.18 Å². The average Bonchev–Trinajstić information content (AvgIpc) is 2.35. The van der Waals surface area contributed by atoms with Crippen molar-refractivity contribution in [3.8, 4) is 5.75 Å². The van der Waals surface area contributed by atoms with Crippen molar-refractivity contribution in [3.05, 3.63) is 17.9 Å². The van der Waals surface area contributed by atoms with Crippen molar-refractivity contribution in [3.63, 3.8) is 0 Å². The third-order valence-corrected chi connectivity index (χ3v) is 2.41. The summed E-state index contributed by atoms with van der Waals surface area (Å²) in [5.41, 5.74) is 5.84. The number of hydrogen-bond donors (Lipinski definition) is 1. The van der Waals surface area contributed by atoms with Crippen molar-refractivity contribution in [2.45, 2.75) is 6.42 Å². The van der Waals surface area contributed by atoms with Crippen LogP contribution in [0.1, 0.15) is 6.42 Å². The van der Waals surface area contributed by atoms with Crippen LogP contribution in [0.3, 0.4) is 0 Å². The molecular weight excluding hydrogens is 199 g/mol. The standard InChI is InChI=1S/C10H11FN2O2/c1-13-8(14)4-5-15-7-3-2-6(11)9(12)10(7)13/h2-3H,4-5,12H2,1H3. The number of amides is 1. The highest BCUT2D eigenvalue weighted by Crippen LogP contribution is 2.37. The zero-order valence-electron chi connectivity index (χ0n) is 8.29. The number of benzene rings is 1. The molecule has 5 heteroatoms. The summed E-state index contributed by atoms with van der Waals surface area (Å²) >= 11 is 0. The summed E-state index contributed by atoms with van der Waals surface area (Å²) in [7, 11) is 1.56. The molecule has 0 aliphatic carbocycles. The first kappa shape index (κ1) is 9.76. The topological polar surface area (TPSA) is 55.6 Å². The molecule has 0 unspecified atom stereocenters. The number of ether oxygens (including phenoxy) is 1. The lowest BCUT2D eigenvalue weighted by Crippen LogP contribution is -2.26. The summed E-state index contributed by atoms with van der Waals surface area (Å²) in [5, 5.41) is 0. The lowest BCUT2D eigenvalue weighted by atomic mass is 10.2. The van der Waals surface area contributed by atoms with Gasteiger partial charge in [0.15, 0.2) is 0 Å². The fourth-order valence-electron chi connectivity index (χ4n) is 1.57. The van der Waals surface area contributed by atoms with Gasteiger partial charge in [-0.3, -0.25) is 4.79 Å². The Morgan fingerprint density at radius 2 is 2.27 bits per heavy atom. The fraction of sp³-hybridized carbons (Fsp3) is 0.300. The number of nitrogens with zero attached hydrogens (tertiary/aromatic N) is 1. The summed E-state index contributed by atoms with van der Waals surface area (Å²) in [6.07, 6.45) is 0.270. The van der Waals surface area contributed by atoms with Crippen LogP contribution in [0.4, 0.5) is 15.8 Å². The summed E-state index contributed by atoms with van der Waals surface area (Å²) in [6, 6.07) is 2.72. The molecule has 80 valence electrons. The van der Waals surface area contributed by atoms with E-state index in [0.29, 0.717) is 18.0 Å². The number of nitrogen functional groups attached to an aromatic ring is 1. The van der Waals surface area contributed by atoms with Gasteiger partial charge < -0.3 is 15.4 Å². The van der Waals surface area contributed by atoms with E-state index in [0.717, 1.165) is 0 Å². The monoisotopic (exact) mass is 210 g/mol. The Labute approximate surface area is 86.4 Å². The largest absolute Gasteiger partial charge is 0.491 e. The molecule has 1 aliphatic rings. The number of hydrogen-bond acceptors (Lipinski definition) is 3. The van der Waals surface area contributed by atoms with Gasteiger partial charge in [-0.25, -0.2) is 4.39 Å². The van der Waals surface area contributed by atoms with Crippen LogP contribution in [0.2, 0.25) is 0 Å². The Hall–Kier alpha value is -1.78. The van der Waals surface area contributed by atoms with Gasteiger partial charge in [-0.15, -0.1) is 0 Å². The third-order valence-electron chi connectivity index (χ3n) is 2.41. The van der Waals surface area contributed by atoms with Gasteiger partial charge >= 0.3 is 0 Å². The van der Waals surface area contributed by atoms with E-state index >= 15 is 0 Å². The second kappa shape index (κ2) is 3.42. The van der Waals surface area contributed by atoms with Crippen molar-refractivity contribution in [1.82, 2.24) is 0 Å². The van der Waals surface area contributed by atoms with Crippen LogP contribution in [0.15, 0.2) is 12.1 Å². The van der Waals surface area contributed by atoms with Crippen LogP contribution in [-0.2, 0) is 4.79 Å². The quantitative estimate of drug-likeness (QED) is 0.653. The molecule has 2 rings (SSSR count). The Morgan fingerprint density at radius 1 is 1.53 bits per heavy atom. The number of fused-ring (bicyclic) bond motifs is 1. The van der Waals surface area contributed by atoms with Crippen LogP contribution >= 0.6 is 0 Å². The molecule has 0 spiro atoms. The Morgan fingerprint density at radius 3 is 3.00 bits per heavy atom. The van der Waals surface area contributed by atoms with E-state index in [1.165, 1.54) is 17.0 Å². The summed E-state index contributed by atoms with van der Waals surface area (Å²) < 4.78 is 18.5. The minimum Gasteiger partial charge on any atom is -0.491 e. The Balaban J connectivity index is 2.60. The molecule has 2 N–H and O–H groups in total. The zero-order valence-corrected chi connectivity index (χ0v) is 8.29. The highest BCUT2D eigenvalue weighted by atomic mass is 19.1. The van der Waals surface area contributed by atoms with Gasteiger partial charge in [0.1, 0.15) is 17.3 Å². The molecule has 0 saturated heterocycles. The lowest BCUT2D eigenvalue weighted by molar-refractivity contribution is -0.118. The molecule has 0 atom stereocenters. The maximum absolute atomic E-state index is 13.2. The van der Waals surface area contributed by atoms with Gasteiger partial charge in [0.2, 0.25) is 5.91 Å². The Bertz CT molecular complexity index is 420. The Kier molecular flexibility index (Phi) is 2.22. The van der Waals surface area contributed by atoms with Crippen LogP contribution in [0.5, 0.6) is 5.75 Å². The van der Waals surface area contributed by atoms with Crippen molar-refractivity contribution in [2.75, 3.05) is 24.3 Å². The number of rotatable bonds is 0. The number of carbonyl (C=O) groups excluding carboxylic acids is 1. The van der Waals surface area contributed by atoms with Crippen molar-refractivity contribution < 1.29 is 13.9 Å². The predicted molar refractivity (Wildman–Crippen MR) is 54.3 cm³/mol. The smallest absolute Gasteiger partial charge is 0.230 e. The first-order valence-corrected chi connectivity index (χ1v) is 4.58. The third kappa shape index (κ3) is 1.49. The molecule has 1 aromatic carbocycles. The van der Waals surface area contributed by atoms with Crippen molar-refractivity contribution >= 4 is 17.3 Å². The maximum atomic E-state index is 13.2. The lowest BCUT2D eigenvalue weighted by Gasteiger charge is -2.18. The SMILES string of the molecule is CN1C(=O)CCOc2ccc(F)c(N)c21. The van der Waals surface area contributed by atoms with Crippen LogP contribution < -0.4 is 15.4 Å². The van der Waals surface area contributed by atoms with E-state index in [4.69, 9.17) is 10.5 Å². The van der Waals surface area contributed by atoms with Gasteiger partial charge in [-0.2, -0.15) is 0 Å². The van der Waals surface area contributed by atoms with E-state index in [1.54, 1.807) is 7.05 Å². The van der Waals surface area contributed by atoms with E-state index < -0.39 is 5.82 Å². The van der Waals surface area contributed by atoms with Gasteiger partial charge in [0, 0.05) is 7.05 Å². The second-order valence-electron chi connectivity index (χ2n) is 3.36. The molecule has 1 heterocycles. The van der Waals surface area contributed by atoms with Crippen LogP contribution in [0.25, 0.3) is 0 Å². The second-order valence-corrected chi connectivity index (χ2v) is 3.36. The predicted octanol–water partition coefficient (Wildman–Crippen LogP) is 1.15. The molecule has 15 heavy (non-hydrogen) atoms. The summed E-state index contributed by atoms with van der Waals surface area (Å²) in [6.45, 7) is 0.293.